The first-order valence-corrected chi connectivity index (χ1v) is 4.69. The van der Waals surface area contributed by atoms with E-state index in [4.69, 9.17) is 9.94 Å². The van der Waals surface area contributed by atoms with Gasteiger partial charge in [-0.2, -0.15) is 0 Å². The van der Waals surface area contributed by atoms with Gasteiger partial charge in [0, 0.05) is 6.42 Å². The first-order valence-electron chi connectivity index (χ1n) is 4.69. The van der Waals surface area contributed by atoms with Gasteiger partial charge in [-0.15, -0.1) is 0 Å². The molecule has 3 heteroatoms. The standard InChI is InChI=1S/C11H13NO2/c1-14-11-5-3-8-6-10(12-13)4-2-9(8)7-11/h3,5,7,13H,2,4,6H2,1H3. The Balaban J connectivity index is 2.32. The summed E-state index contributed by atoms with van der Waals surface area (Å²) in [6, 6.07) is 6.04. The summed E-state index contributed by atoms with van der Waals surface area (Å²) in [5, 5.41) is 12.0. The van der Waals surface area contributed by atoms with Gasteiger partial charge in [0.25, 0.3) is 0 Å². The van der Waals surface area contributed by atoms with Gasteiger partial charge in [0.15, 0.2) is 0 Å². The molecule has 0 bridgehead atoms. The lowest BCUT2D eigenvalue weighted by Gasteiger charge is -2.17. The average molecular weight is 191 g/mol. The molecule has 1 N–H and O–H groups in total. The molecule has 1 aromatic carbocycles. The lowest BCUT2D eigenvalue weighted by molar-refractivity contribution is 0.316. The van der Waals surface area contributed by atoms with E-state index < -0.39 is 0 Å². The minimum Gasteiger partial charge on any atom is -0.497 e. The molecule has 0 saturated carbocycles. The zero-order valence-electron chi connectivity index (χ0n) is 8.16. The van der Waals surface area contributed by atoms with E-state index in [1.807, 2.05) is 12.1 Å². The van der Waals surface area contributed by atoms with Gasteiger partial charge >= 0.3 is 0 Å². The summed E-state index contributed by atoms with van der Waals surface area (Å²) >= 11 is 0. The summed E-state index contributed by atoms with van der Waals surface area (Å²) in [5.74, 6) is 0.896. The molecular formula is C11H13NO2. The third kappa shape index (κ3) is 1.58. The van der Waals surface area contributed by atoms with Crippen molar-refractivity contribution in [1.29, 1.82) is 0 Å². The molecule has 0 fully saturated rings. The molecule has 0 aliphatic heterocycles. The summed E-state index contributed by atoms with van der Waals surface area (Å²) in [7, 11) is 1.67. The zero-order chi connectivity index (χ0) is 9.97. The van der Waals surface area contributed by atoms with Crippen LogP contribution >= 0.6 is 0 Å². The Kier molecular flexibility index (Phi) is 2.39. The summed E-state index contributed by atoms with van der Waals surface area (Å²) in [6.07, 6.45) is 2.54. The highest BCUT2D eigenvalue weighted by atomic mass is 16.5. The second kappa shape index (κ2) is 3.70. The van der Waals surface area contributed by atoms with Crippen LogP contribution in [-0.2, 0) is 12.8 Å². The van der Waals surface area contributed by atoms with Crippen molar-refractivity contribution in [1.82, 2.24) is 0 Å². The maximum Gasteiger partial charge on any atom is 0.119 e. The summed E-state index contributed by atoms with van der Waals surface area (Å²) < 4.78 is 5.15. The first kappa shape index (κ1) is 9.06. The van der Waals surface area contributed by atoms with Crippen LogP contribution in [0.2, 0.25) is 0 Å². The van der Waals surface area contributed by atoms with Crippen LogP contribution in [-0.4, -0.2) is 18.0 Å². The summed E-state index contributed by atoms with van der Waals surface area (Å²) in [5.41, 5.74) is 3.41. The van der Waals surface area contributed by atoms with Gasteiger partial charge in [0.2, 0.25) is 0 Å². The summed E-state index contributed by atoms with van der Waals surface area (Å²) in [6.45, 7) is 0. The third-order valence-corrected chi connectivity index (χ3v) is 2.63. The average Bonchev–Trinajstić information content (AvgIpc) is 2.27. The van der Waals surface area contributed by atoms with Crippen LogP contribution in [0, 0.1) is 0 Å². The molecule has 0 heterocycles. The number of fused-ring (bicyclic) bond motifs is 1. The molecule has 0 atom stereocenters. The van der Waals surface area contributed by atoms with Crippen molar-refractivity contribution in [2.24, 2.45) is 5.16 Å². The van der Waals surface area contributed by atoms with Crippen LogP contribution in [0.5, 0.6) is 5.75 Å². The van der Waals surface area contributed by atoms with Crippen molar-refractivity contribution in [3.05, 3.63) is 29.3 Å². The molecule has 14 heavy (non-hydrogen) atoms. The predicted molar refractivity (Wildman–Crippen MR) is 54.2 cm³/mol. The molecule has 0 radical (unpaired) electrons. The number of hydrogen-bond donors (Lipinski definition) is 1. The largest absolute Gasteiger partial charge is 0.497 e. The molecule has 74 valence electrons. The van der Waals surface area contributed by atoms with E-state index in [0.717, 1.165) is 30.7 Å². The lowest BCUT2D eigenvalue weighted by atomic mass is 9.90. The molecule has 0 unspecified atom stereocenters. The van der Waals surface area contributed by atoms with Gasteiger partial charge in [0.05, 0.1) is 12.8 Å². The van der Waals surface area contributed by atoms with E-state index in [2.05, 4.69) is 11.2 Å². The minimum absolute atomic E-state index is 0.760. The summed E-state index contributed by atoms with van der Waals surface area (Å²) in [4.78, 5) is 0. The number of aryl methyl sites for hydroxylation is 1. The minimum atomic E-state index is 0.760. The molecule has 1 aliphatic carbocycles. The van der Waals surface area contributed by atoms with Crippen LogP contribution in [0.1, 0.15) is 17.5 Å². The van der Waals surface area contributed by atoms with Crippen LogP contribution in [0.4, 0.5) is 0 Å². The monoisotopic (exact) mass is 191 g/mol. The molecule has 1 aliphatic rings. The van der Waals surface area contributed by atoms with Gasteiger partial charge in [0.1, 0.15) is 5.75 Å². The second-order valence-corrected chi connectivity index (χ2v) is 3.48. The molecule has 0 spiro atoms. The molecule has 0 aromatic heterocycles. The van der Waals surface area contributed by atoms with E-state index in [0.29, 0.717) is 0 Å². The van der Waals surface area contributed by atoms with E-state index in [1.165, 1.54) is 11.1 Å². The number of ether oxygens (including phenoxy) is 1. The molecule has 0 amide bonds. The zero-order valence-corrected chi connectivity index (χ0v) is 8.16. The van der Waals surface area contributed by atoms with Gasteiger partial charge in [-0.3, -0.25) is 0 Å². The Morgan fingerprint density at radius 2 is 2.14 bits per heavy atom. The van der Waals surface area contributed by atoms with Gasteiger partial charge in [-0.25, -0.2) is 0 Å². The number of methoxy groups -OCH3 is 1. The number of benzene rings is 1. The number of nitrogens with zero attached hydrogens (tertiary/aromatic N) is 1. The highest BCUT2D eigenvalue weighted by molar-refractivity contribution is 5.88. The molecule has 0 saturated heterocycles. The molecule has 3 nitrogen and oxygen atoms in total. The Morgan fingerprint density at radius 3 is 2.86 bits per heavy atom. The number of oxime groups is 1. The van der Waals surface area contributed by atoms with Gasteiger partial charge in [-0.05, 0) is 36.1 Å². The fourth-order valence-electron chi connectivity index (χ4n) is 1.81. The maximum absolute atomic E-state index is 8.68. The Hall–Kier alpha value is -1.51. The number of hydrogen-bond acceptors (Lipinski definition) is 3. The van der Waals surface area contributed by atoms with E-state index in [-0.39, 0.29) is 0 Å². The van der Waals surface area contributed by atoms with Crippen molar-refractivity contribution < 1.29 is 9.94 Å². The Bertz CT molecular complexity index is 372. The topological polar surface area (TPSA) is 41.8 Å². The highest BCUT2D eigenvalue weighted by Gasteiger charge is 2.14. The fraction of sp³-hybridized carbons (Fsp3) is 0.364. The lowest BCUT2D eigenvalue weighted by Crippen LogP contribution is -2.13. The van der Waals surface area contributed by atoms with Crippen molar-refractivity contribution in [2.45, 2.75) is 19.3 Å². The van der Waals surface area contributed by atoms with E-state index in [1.54, 1.807) is 7.11 Å². The van der Waals surface area contributed by atoms with Gasteiger partial charge < -0.3 is 9.94 Å². The maximum atomic E-state index is 8.68. The Morgan fingerprint density at radius 1 is 1.29 bits per heavy atom. The normalized spacial score (nSPS) is 17.9. The van der Waals surface area contributed by atoms with Gasteiger partial charge in [-0.1, -0.05) is 11.2 Å². The smallest absolute Gasteiger partial charge is 0.119 e. The van der Waals surface area contributed by atoms with Crippen LogP contribution in [0.25, 0.3) is 0 Å². The Labute approximate surface area is 83.0 Å². The van der Waals surface area contributed by atoms with Crippen molar-refractivity contribution in [3.8, 4) is 5.75 Å². The third-order valence-electron chi connectivity index (χ3n) is 2.63. The van der Waals surface area contributed by atoms with Crippen molar-refractivity contribution >= 4 is 5.71 Å². The van der Waals surface area contributed by atoms with Crippen LogP contribution in [0.3, 0.4) is 0 Å². The van der Waals surface area contributed by atoms with Crippen LogP contribution in [0.15, 0.2) is 23.4 Å². The highest BCUT2D eigenvalue weighted by Crippen LogP contribution is 2.24. The SMILES string of the molecule is COc1ccc2c(c1)CCC(=NO)C2. The van der Waals surface area contributed by atoms with E-state index in [9.17, 15) is 0 Å². The predicted octanol–water partition coefficient (Wildman–Crippen LogP) is 2.01. The van der Waals surface area contributed by atoms with Crippen molar-refractivity contribution in [2.75, 3.05) is 7.11 Å². The van der Waals surface area contributed by atoms with Crippen LogP contribution < -0.4 is 4.74 Å². The van der Waals surface area contributed by atoms with E-state index >= 15 is 0 Å². The molecular weight excluding hydrogens is 178 g/mol. The quantitative estimate of drug-likeness (QED) is 0.545. The molecule has 2 rings (SSSR count). The number of rotatable bonds is 1. The first-order chi connectivity index (χ1) is 6.83. The fourth-order valence-corrected chi connectivity index (χ4v) is 1.81. The van der Waals surface area contributed by atoms with Crippen molar-refractivity contribution in [3.63, 3.8) is 0 Å². The second-order valence-electron chi connectivity index (χ2n) is 3.48. The molecule has 1 aromatic rings.